The Bertz CT molecular complexity index is 521. The normalized spacial score (nSPS) is 10.1. The summed E-state index contributed by atoms with van der Waals surface area (Å²) in [4.78, 5) is 17.2. The van der Waals surface area contributed by atoms with Crippen LogP contribution in [0, 0.1) is 10.1 Å². The molecule has 0 aliphatic rings. The van der Waals surface area contributed by atoms with Crippen molar-refractivity contribution in [1.82, 2.24) is 9.97 Å². The third-order valence-electron chi connectivity index (χ3n) is 2.18. The summed E-state index contributed by atoms with van der Waals surface area (Å²) in [6, 6.07) is 6.40. The zero-order chi connectivity index (χ0) is 11.5. The summed E-state index contributed by atoms with van der Waals surface area (Å²) in [7, 11) is 1.75. The average Bonchev–Trinajstić information content (AvgIpc) is 2.77. The summed E-state index contributed by atoms with van der Waals surface area (Å²) < 4.78 is 0. The highest BCUT2D eigenvalue weighted by Gasteiger charge is 2.08. The summed E-state index contributed by atoms with van der Waals surface area (Å²) in [5.41, 5.74) is 1.55. The van der Waals surface area contributed by atoms with Gasteiger partial charge in [-0.15, -0.1) is 0 Å². The first kappa shape index (κ1) is 10.2. The quantitative estimate of drug-likeness (QED) is 0.609. The molecule has 0 radical (unpaired) electrons. The Morgan fingerprint density at radius 3 is 2.94 bits per heavy atom. The summed E-state index contributed by atoms with van der Waals surface area (Å²) in [6.45, 7) is 0. The molecule has 0 amide bonds. The van der Waals surface area contributed by atoms with Crippen molar-refractivity contribution in [3.63, 3.8) is 0 Å². The van der Waals surface area contributed by atoms with E-state index in [0.717, 1.165) is 11.3 Å². The van der Waals surface area contributed by atoms with E-state index >= 15 is 0 Å². The van der Waals surface area contributed by atoms with Crippen LogP contribution < -0.4 is 5.32 Å². The molecule has 6 nitrogen and oxygen atoms in total. The SMILES string of the molecule is CNc1ncc(-c2cccc([N+](=O)[O-])c2)[nH]1. The van der Waals surface area contributed by atoms with Gasteiger partial charge in [0.25, 0.3) is 5.69 Å². The van der Waals surface area contributed by atoms with E-state index in [-0.39, 0.29) is 5.69 Å². The van der Waals surface area contributed by atoms with E-state index in [0.29, 0.717) is 5.95 Å². The van der Waals surface area contributed by atoms with Gasteiger partial charge in [-0.3, -0.25) is 10.1 Å². The first-order chi connectivity index (χ1) is 7.70. The highest BCUT2D eigenvalue weighted by molar-refractivity contribution is 5.63. The number of benzene rings is 1. The Morgan fingerprint density at radius 2 is 2.31 bits per heavy atom. The third kappa shape index (κ3) is 1.85. The second kappa shape index (κ2) is 4.01. The maximum Gasteiger partial charge on any atom is 0.270 e. The van der Waals surface area contributed by atoms with Crippen molar-refractivity contribution in [2.24, 2.45) is 0 Å². The summed E-state index contributed by atoms with van der Waals surface area (Å²) in [5, 5.41) is 13.5. The van der Waals surface area contributed by atoms with Gasteiger partial charge in [-0.1, -0.05) is 12.1 Å². The van der Waals surface area contributed by atoms with Crippen molar-refractivity contribution in [3.05, 3.63) is 40.6 Å². The highest BCUT2D eigenvalue weighted by Crippen LogP contribution is 2.22. The lowest BCUT2D eigenvalue weighted by Gasteiger charge is -1.97. The van der Waals surface area contributed by atoms with Crippen LogP contribution in [0.2, 0.25) is 0 Å². The fourth-order valence-corrected chi connectivity index (χ4v) is 1.38. The number of nitrogens with zero attached hydrogens (tertiary/aromatic N) is 2. The molecule has 0 unspecified atom stereocenters. The van der Waals surface area contributed by atoms with E-state index in [1.54, 1.807) is 25.4 Å². The van der Waals surface area contributed by atoms with Crippen LogP contribution in [0.1, 0.15) is 0 Å². The number of H-pyrrole nitrogens is 1. The van der Waals surface area contributed by atoms with Gasteiger partial charge in [0.1, 0.15) is 0 Å². The minimum absolute atomic E-state index is 0.0677. The molecule has 2 N–H and O–H groups in total. The zero-order valence-electron chi connectivity index (χ0n) is 8.60. The number of hydrogen-bond acceptors (Lipinski definition) is 4. The smallest absolute Gasteiger partial charge is 0.270 e. The van der Waals surface area contributed by atoms with Gasteiger partial charge in [0.2, 0.25) is 0 Å². The lowest BCUT2D eigenvalue weighted by atomic mass is 10.1. The van der Waals surface area contributed by atoms with Crippen molar-refractivity contribution >= 4 is 11.6 Å². The van der Waals surface area contributed by atoms with E-state index < -0.39 is 4.92 Å². The molecule has 6 heteroatoms. The fraction of sp³-hybridized carbons (Fsp3) is 0.100. The van der Waals surface area contributed by atoms with Crippen molar-refractivity contribution in [1.29, 1.82) is 0 Å². The van der Waals surface area contributed by atoms with Crippen molar-refractivity contribution in [2.75, 3.05) is 12.4 Å². The first-order valence-electron chi connectivity index (χ1n) is 4.68. The Morgan fingerprint density at radius 1 is 1.50 bits per heavy atom. The van der Waals surface area contributed by atoms with Crippen LogP contribution in [0.15, 0.2) is 30.5 Å². The molecule has 0 fully saturated rings. The molecule has 82 valence electrons. The minimum Gasteiger partial charge on any atom is -0.359 e. The van der Waals surface area contributed by atoms with Crippen LogP contribution in [-0.2, 0) is 0 Å². The lowest BCUT2D eigenvalue weighted by molar-refractivity contribution is -0.384. The number of hydrogen-bond donors (Lipinski definition) is 2. The number of aromatic nitrogens is 2. The van der Waals surface area contributed by atoms with Crippen LogP contribution in [0.5, 0.6) is 0 Å². The van der Waals surface area contributed by atoms with Crippen LogP contribution in [0.25, 0.3) is 11.3 Å². The lowest BCUT2D eigenvalue weighted by Crippen LogP contribution is -1.90. The monoisotopic (exact) mass is 218 g/mol. The maximum absolute atomic E-state index is 10.6. The molecule has 1 aromatic carbocycles. The number of aromatic amines is 1. The number of imidazole rings is 1. The van der Waals surface area contributed by atoms with Crippen molar-refractivity contribution in [3.8, 4) is 11.3 Å². The molecular formula is C10H10N4O2. The predicted octanol–water partition coefficient (Wildman–Crippen LogP) is 2.03. The molecule has 0 spiro atoms. The molecule has 0 aliphatic carbocycles. The third-order valence-corrected chi connectivity index (χ3v) is 2.18. The van der Waals surface area contributed by atoms with Gasteiger partial charge in [0.15, 0.2) is 5.95 Å². The van der Waals surface area contributed by atoms with E-state index in [1.165, 1.54) is 12.1 Å². The zero-order valence-corrected chi connectivity index (χ0v) is 8.60. The van der Waals surface area contributed by atoms with E-state index in [9.17, 15) is 10.1 Å². The Labute approximate surface area is 91.5 Å². The van der Waals surface area contributed by atoms with Gasteiger partial charge in [0, 0.05) is 24.7 Å². The second-order valence-electron chi connectivity index (χ2n) is 3.20. The number of nitrogens with one attached hydrogen (secondary N) is 2. The van der Waals surface area contributed by atoms with Crippen LogP contribution in [0.3, 0.4) is 0 Å². The highest BCUT2D eigenvalue weighted by atomic mass is 16.6. The van der Waals surface area contributed by atoms with Gasteiger partial charge in [0.05, 0.1) is 16.8 Å². The summed E-state index contributed by atoms with van der Waals surface area (Å²) in [5.74, 6) is 0.626. The summed E-state index contributed by atoms with van der Waals surface area (Å²) >= 11 is 0. The molecule has 2 aromatic rings. The van der Waals surface area contributed by atoms with Gasteiger partial charge < -0.3 is 10.3 Å². The van der Waals surface area contributed by atoms with Crippen molar-refractivity contribution < 1.29 is 4.92 Å². The van der Waals surface area contributed by atoms with Crippen LogP contribution in [-0.4, -0.2) is 21.9 Å². The largest absolute Gasteiger partial charge is 0.359 e. The van der Waals surface area contributed by atoms with Crippen LogP contribution >= 0.6 is 0 Å². The molecule has 0 atom stereocenters. The van der Waals surface area contributed by atoms with Gasteiger partial charge in [-0.05, 0) is 0 Å². The van der Waals surface area contributed by atoms with E-state index in [2.05, 4.69) is 15.3 Å². The number of anilines is 1. The minimum atomic E-state index is -0.418. The van der Waals surface area contributed by atoms with Gasteiger partial charge in [-0.25, -0.2) is 4.98 Å². The molecule has 0 bridgehead atoms. The Hall–Kier alpha value is -2.37. The predicted molar refractivity (Wildman–Crippen MR) is 60.2 cm³/mol. The number of nitro benzene ring substituents is 1. The van der Waals surface area contributed by atoms with E-state index in [1.807, 2.05) is 0 Å². The molecule has 16 heavy (non-hydrogen) atoms. The first-order valence-corrected chi connectivity index (χ1v) is 4.68. The summed E-state index contributed by atoms with van der Waals surface area (Å²) in [6.07, 6.45) is 1.63. The molecule has 0 aliphatic heterocycles. The number of non-ortho nitro benzene ring substituents is 1. The second-order valence-corrected chi connectivity index (χ2v) is 3.20. The Kier molecular flexibility index (Phi) is 2.55. The molecule has 0 saturated carbocycles. The maximum atomic E-state index is 10.6. The van der Waals surface area contributed by atoms with Gasteiger partial charge in [-0.2, -0.15) is 0 Å². The van der Waals surface area contributed by atoms with Gasteiger partial charge >= 0.3 is 0 Å². The Balaban J connectivity index is 2.40. The molecule has 2 rings (SSSR count). The molecule has 1 heterocycles. The number of nitro groups is 1. The molecule has 0 saturated heterocycles. The fourth-order valence-electron chi connectivity index (χ4n) is 1.38. The molecular weight excluding hydrogens is 208 g/mol. The van der Waals surface area contributed by atoms with Crippen molar-refractivity contribution in [2.45, 2.75) is 0 Å². The molecule has 1 aromatic heterocycles. The topological polar surface area (TPSA) is 83.8 Å². The van der Waals surface area contributed by atoms with Crippen LogP contribution in [0.4, 0.5) is 11.6 Å². The number of rotatable bonds is 3. The van der Waals surface area contributed by atoms with E-state index in [4.69, 9.17) is 0 Å². The standard InChI is InChI=1S/C10H10N4O2/c1-11-10-12-6-9(13-10)7-3-2-4-8(5-7)14(15)16/h2-6H,1H3,(H2,11,12,13). The average molecular weight is 218 g/mol.